The Bertz CT molecular complexity index is 514. The summed E-state index contributed by atoms with van der Waals surface area (Å²) >= 11 is 0. The first-order valence-electron chi connectivity index (χ1n) is 5.32. The van der Waals surface area contributed by atoms with Gasteiger partial charge < -0.3 is 0 Å². The molecule has 0 bridgehead atoms. The van der Waals surface area contributed by atoms with Gasteiger partial charge in [-0.15, -0.1) is 0 Å². The molecule has 1 aromatic rings. The smallest absolute Gasteiger partial charge is 0.252 e. The van der Waals surface area contributed by atoms with Crippen molar-refractivity contribution < 1.29 is 12.8 Å². The summed E-state index contributed by atoms with van der Waals surface area (Å²) in [7, 11) is -3.78. The normalized spacial score (nSPS) is 18.5. The van der Waals surface area contributed by atoms with Crippen LogP contribution >= 0.6 is 0 Å². The van der Waals surface area contributed by atoms with E-state index in [4.69, 9.17) is 0 Å². The molecule has 1 aliphatic rings. The van der Waals surface area contributed by atoms with Gasteiger partial charge >= 0.3 is 10.2 Å². The number of rotatable bonds is 4. The lowest BCUT2D eigenvalue weighted by atomic mass is 9.80. The monoisotopic (exact) mass is 259 g/mol. The van der Waals surface area contributed by atoms with Crippen LogP contribution in [0.2, 0.25) is 0 Å². The largest absolute Gasteiger partial charge is 0.300 e. The van der Waals surface area contributed by atoms with Gasteiger partial charge in [0, 0.05) is 11.7 Å². The van der Waals surface area contributed by atoms with E-state index in [9.17, 15) is 12.8 Å². The SMILES string of the molecule is CC1(NS(=O)(=O)Nc2ncccc2F)CCC1. The zero-order valence-electron chi connectivity index (χ0n) is 9.40. The molecule has 17 heavy (non-hydrogen) atoms. The van der Waals surface area contributed by atoms with E-state index in [-0.39, 0.29) is 5.82 Å². The Balaban J connectivity index is 2.10. The quantitative estimate of drug-likeness (QED) is 0.858. The number of halogens is 1. The Kier molecular flexibility index (Phi) is 3.05. The maximum atomic E-state index is 13.2. The first-order valence-corrected chi connectivity index (χ1v) is 6.81. The van der Waals surface area contributed by atoms with Crippen LogP contribution in [0, 0.1) is 5.82 Å². The van der Waals surface area contributed by atoms with E-state index in [0.29, 0.717) is 0 Å². The van der Waals surface area contributed by atoms with E-state index in [1.165, 1.54) is 12.3 Å². The maximum absolute atomic E-state index is 13.2. The van der Waals surface area contributed by atoms with Crippen molar-refractivity contribution in [3.8, 4) is 0 Å². The summed E-state index contributed by atoms with van der Waals surface area (Å²) < 4.78 is 41.3. The summed E-state index contributed by atoms with van der Waals surface area (Å²) in [4.78, 5) is 3.63. The first kappa shape index (κ1) is 12.3. The van der Waals surface area contributed by atoms with Crippen molar-refractivity contribution in [2.24, 2.45) is 0 Å². The topological polar surface area (TPSA) is 71.1 Å². The highest BCUT2D eigenvalue weighted by Crippen LogP contribution is 2.31. The van der Waals surface area contributed by atoms with Crippen molar-refractivity contribution in [1.82, 2.24) is 9.71 Å². The van der Waals surface area contributed by atoms with Gasteiger partial charge in [-0.25, -0.2) is 9.37 Å². The van der Waals surface area contributed by atoms with Crippen LogP contribution in [-0.2, 0) is 10.2 Å². The molecule has 0 atom stereocenters. The van der Waals surface area contributed by atoms with Crippen LogP contribution in [0.15, 0.2) is 18.3 Å². The van der Waals surface area contributed by atoms with Gasteiger partial charge in [-0.05, 0) is 38.3 Å². The number of hydrogen-bond donors (Lipinski definition) is 2. The zero-order chi connectivity index (χ0) is 12.5. The summed E-state index contributed by atoms with van der Waals surface area (Å²) in [6.45, 7) is 1.82. The van der Waals surface area contributed by atoms with Crippen molar-refractivity contribution in [1.29, 1.82) is 0 Å². The van der Waals surface area contributed by atoms with Crippen LogP contribution in [0.3, 0.4) is 0 Å². The summed E-state index contributed by atoms with van der Waals surface area (Å²) in [5, 5.41) is 0. The molecule has 94 valence electrons. The highest BCUT2D eigenvalue weighted by Gasteiger charge is 2.35. The molecule has 0 amide bonds. The summed E-state index contributed by atoms with van der Waals surface area (Å²) in [6, 6.07) is 2.55. The fraction of sp³-hybridized carbons (Fsp3) is 0.500. The van der Waals surface area contributed by atoms with Crippen molar-refractivity contribution in [3.63, 3.8) is 0 Å². The number of aromatic nitrogens is 1. The van der Waals surface area contributed by atoms with Gasteiger partial charge in [-0.1, -0.05) is 0 Å². The Morgan fingerprint density at radius 3 is 2.71 bits per heavy atom. The molecule has 1 heterocycles. The van der Waals surface area contributed by atoms with E-state index >= 15 is 0 Å². The molecule has 1 aromatic heterocycles. The third kappa shape index (κ3) is 2.92. The third-order valence-corrected chi connectivity index (χ3v) is 4.05. The fourth-order valence-corrected chi connectivity index (χ4v) is 3.06. The molecular formula is C10H14FN3O2S. The minimum Gasteiger partial charge on any atom is -0.252 e. The Morgan fingerprint density at radius 1 is 1.47 bits per heavy atom. The van der Waals surface area contributed by atoms with Crippen LogP contribution in [0.1, 0.15) is 26.2 Å². The average molecular weight is 259 g/mol. The highest BCUT2D eigenvalue weighted by atomic mass is 32.2. The van der Waals surface area contributed by atoms with Crippen LogP contribution in [-0.4, -0.2) is 18.9 Å². The maximum Gasteiger partial charge on any atom is 0.300 e. The molecule has 2 N–H and O–H groups in total. The van der Waals surface area contributed by atoms with Crippen molar-refractivity contribution >= 4 is 16.0 Å². The van der Waals surface area contributed by atoms with Crippen molar-refractivity contribution in [2.75, 3.05) is 4.72 Å². The molecule has 0 aromatic carbocycles. The molecule has 1 aliphatic carbocycles. The van der Waals surface area contributed by atoms with Gasteiger partial charge in [0.1, 0.15) is 0 Å². The second-order valence-corrected chi connectivity index (χ2v) is 5.87. The minimum absolute atomic E-state index is 0.289. The molecule has 0 saturated heterocycles. The van der Waals surface area contributed by atoms with Gasteiger partial charge in [0.05, 0.1) is 0 Å². The summed E-state index contributed by atoms with van der Waals surface area (Å²) in [5.41, 5.74) is -0.420. The lowest BCUT2D eigenvalue weighted by Crippen LogP contribution is -2.52. The first-order chi connectivity index (χ1) is 7.90. The zero-order valence-corrected chi connectivity index (χ0v) is 10.2. The van der Waals surface area contributed by atoms with Gasteiger partial charge in [-0.2, -0.15) is 13.1 Å². The standard InChI is InChI=1S/C10H14FN3O2S/c1-10(5-3-6-10)14-17(15,16)13-9-8(11)4-2-7-12-9/h2,4,7,14H,3,5-6H2,1H3,(H,12,13). The molecule has 0 aliphatic heterocycles. The predicted molar refractivity (Wildman–Crippen MR) is 62.1 cm³/mol. The van der Waals surface area contributed by atoms with E-state index in [2.05, 4.69) is 14.4 Å². The number of pyridine rings is 1. The molecule has 1 saturated carbocycles. The van der Waals surface area contributed by atoms with Gasteiger partial charge in [0.15, 0.2) is 11.6 Å². The van der Waals surface area contributed by atoms with E-state index < -0.39 is 21.6 Å². The molecule has 7 heteroatoms. The molecule has 1 fully saturated rings. The number of hydrogen-bond acceptors (Lipinski definition) is 3. The molecule has 0 unspecified atom stereocenters. The van der Waals surface area contributed by atoms with Crippen LogP contribution in [0.4, 0.5) is 10.2 Å². The van der Waals surface area contributed by atoms with Crippen molar-refractivity contribution in [3.05, 3.63) is 24.1 Å². The summed E-state index contributed by atoms with van der Waals surface area (Å²) in [6.07, 6.45) is 3.90. The predicted octanol–water partition coefficient (Wildman–Crippen LogP) is 1.41. The van der Waals surface area contributed by atoms with Crippen molar-refractivity contribution in [2.45, 2.75) is 31.7 Å². The Labute approximate surface area is 99.6 Å². The second-order valence-electron chi connectivity index (χ2n) is 4.46. The Morgan fingerprint density at radius 2 is 2.18 bits per heavy atom. The lowest BCUT2D eigenvalue weighted by Gasteiger charge is -2.38. The summed E-state index contributed by atoms with van der Waals surface area (Å²) in [5.74, 6) is -0.987. The van der Waals surface area contributed by atoms with E-state index in [0.717, 1.165) is 25.3 Å². The van der Waals surface area contributed by atoms with Gasteiger partial charge in [0.2, 0.25) is 0 Å². The number of nitrogens with one attached hydrogen (secondary N) is 2. The van der Waals surface area contributed by atoms with Crippen LogP contribution < -0.4 is 9.44 Å². The fourth-order valence-electron chi connectivity index (χ4n) is 1.75. The molecule has 5 nitrogen and oxygen atoms in total. The van der Waals surface area contributed by atoms with E-state index in [1.807, 2.05) is 6.92 Å². The molecule has 0 spiro atoms. The van der Waals surface area contributed by atoms with E-state index in [1.54, 1.807) is 0 Å². The van der Waals surface area contributed by atoms with Gasteiger partial charge in [0.25, 0.3) is 0 Å². The number of anilines is 1. The molecular weight excluding hydrogens is 245 g/mol. The number of nitrogens with zero attached hydrogens (tertiary/aromatic N) is 1. The highest BCUT2D eigenvalue weighted by molar-refractivity contribution is 7.90. The average Bonchev–Trinajstić information content (AvgIpc) is 2.18. The third-order valence-electron chi connectivity index (χ3n) is 2.83. The Hall–Kier alpha value is -1.21. The second kappa shape index (κ2) is 4.23. The molecule has 0 radical (unpaired) electrons. The molecule has 2 rings (SSSR count). The van der Waals surface area contributed by atoms with Gasteiger partial charge in [-0.3, -0.25) is 4.72 Å². The van der Waals surface area contributed by atoms with Crippen LogP contribution in [0.25, 0.3) is 0 Å². The minimum atomic E-state index is -3.78. The van der Waals surface area contributed by atoms with Crippen LogP contribution in [0.5, 0.6) is 0 Å². The lowest BCUT2D eigenvalue weighted by molar-refractivity contribution is 0.248.